The summed E-state index contributed by atoms with van der Waals surface area (Å²) >= 11 is 5.05. The third kappa shape index (κ3) is 4.66. The standard InChI is InChI=1S/C22H15FI2O3S/c1-13-3-2-4-14(7-13)19-10-18(29-21(19)22(23,24)25)12-27-16-6-5-15-8-17(11-26)28-20(15)9-16/h2-11H,12H2,1H3. The summed E-state index contributed by atoms with van der Waals surface area (Å²) in [6.45, 7) is 2.34. The van der Waals surface area contributed by atoms with Crippen LogP contribution in [0.25, 0.3) is 22.1 Å². The van der Waals surface area contributed by atoms with Gasteiger partial charge in [-0.25, -0.2) is 4.39 Å². The highest BCUT2D eigenvalue weighted by atomic mass is 127. The number of aryl methyl sites for hydroxylation is 1. The van der Waals surface area contributed by atoms with Gasteiger partial charge in [0.05, 0.1) is 4.88 Å². The summed E-state index contributed by atoms with van der Waals surface area (Å²) in [5.41, 5.74) is 3.61. The molecule has 4 aromatic rings. The van der Waals surface area contributed by atoms with Crippen molar-refractivity contribution < 1.29 is 18.3 Å². The fourth-order valence-corrected chi connectivity index (χ4v) is 5.29. The number of furan rings is 1. The van der Waals surface area contributed by atoms with Gasteiger partial charge in [-0.15, -0.1) is 11.3 Å². The summed E-state index contributed by atoms with van der Waals surface area (Å²) in [5.74, 6) is 0.915. The molecule has 2 heterocycles. The molecule has 0 aliphatic rings. The number of rotatable bonds is 6. The monoisotopic (exact) mass is 632 g/mol. The molecule has 29 heavy (non-hydrogen) atoms. The van der Waals surface area contributed by atoms with Crippen LogP contribution in [0.2, 0.25) is 0 Å². The molecule has 0 amide bonds. The highest BCUT2D eigenvalue weighted by molar-refractivity contribution is 14.2. The molecule has 0 saturated heterocycles. The van der Waals surface area contributed by atoms with Crippen molar-refractivity contribution in [3.8, 4) is 16.9 Å². The second-order valence-corrected chi connectivity index (χ2v) is 12.8. The van der Waals surface area contributed by atoms with E-state index < -0.39 is 1.68 Å². The topological polar surface area (TPSA) is 39.4 Å². The molecule has 0 aliphatic heterocycles. The zero-order valence-corrected chi connectivity index (χ0v) is 20.4. The predicted octanol–water partition coefficient (Wildman–Crippen LogP) is 7.81. The van der Waals surface area contributed by atoms with Crippen LogP contribution in [-0.2, 0) is 8.29 Å². The SMILES string of the molecule is Cc1cccc(-c2cc(COc3ccc4cc(C=O)oc4c3)sc2C(F)(I)I)c1. The number of carbonyl (C=O) groups is 1. The van der Waals surface area contributed by atoms with Gasteiger partial charge in [0.2, 0.25) is 1.68 Å². The zero-order chi connectivity index (χ0) is 20.6. The molecule has 0 radical (unpaired) electrons. The lowest BCUT2D eigenvalue weighted by Gasteiger charge is -2.11. The van der Waals surface area contributed by atoms with Crippen molar-refractivity contribution in [3.05, 3.63) is 75.7 Å². The van der Waals surface area contributed by atoms with E-state index in [1.807, 2.05) is 88.5 Å². The minimum Gasteiger partial charge on any atom is -0.488 e. The van der Waals surface area contributed by atoms with Crippen LogP contribution in [0.4, 0.5) is 4.39 Å². The molecule has 4 rings (SSSR count). The molecule has 0 atom stereocenters. The van der Waals surface area contributed by atoms with Gasteiger partial charge < -0.3 is 9.15 Å². The highest BCUT2D eigenvalue weighted by Crippen LogP contribution is 2.49. The lowest BCUT2D eigenvalue weighted by Crippen LogP contribution is -1.98. The molecule has 0 bridgehead atoms. The number of alkyl halides is 3. The number of halogens is 3. The molecule has 2 aromatic carbocycles. The van der Waals surface area contributed by atoms with E-state index in [2.05, 4.69) is 6.07 Å². The van der Waals surface area contributed by atoms with E-state index in [9.17, 15) is 9.18 Å². The minimum atomic E-state index is -1.50. The second kappa shape index (κ2) is 8.35. The Balaban J connectivity index is 1.61. The van der Waals surface area contributed by atoms with E-state index in [4.69, 9.17) is 9.15 Å². The predicted molar refractivity (Wildman–Crippen MR) is 131 cm³/mol. The Kier molecular flexibility index (Phi) is 5.99. The Morgan fingerprint density at radius 2 is 2.00 bits per heavy atom. The van der Waals surface area contributed by atoms with E-state index >= 15 is 0 Å². The van der Waals surface area contributed by atoms with Crippen molar-refractivity contribution in [3.63, 3.8) is 0 Å². The maximum absolute atomic E-state index is 14.9. The molecule has 0 saturated carbocycles. The van der Waals surface area contributed by atoms with E-state index in [1.165, 1.54) is 11.3 Å². The van der Waals surface area contributed by atoms with E-state index in [0.29, 0.717) is 29.1 Å². The third-order valence-corrected chi connectivity index (χ3v) is 7.39. The van der Waals surface area contributed by atoms with Crippen molar-refractivity contribution >= 4 is 73.8 Å². The summed E-state index contributed by atoms with van der Waals surface area (Å²) in [4.78, 5) is 12.5. The Hall–Kier alpha value is -1.46. The van der Waals surface area contributed by atoms with E-state index in [1.54, 1.807) is 12.1 Å². The number of carbonyl (C=O) groups excluding carboxylic acids is 1. The average Bonchev–Trinajstić information content (AvgIpc) is 3.29. The summed E-state index contributed by atoms with van der Waals surface area (Å²) in [7, 11) is 0. The molecular weight excluding hydrogens is 617 g/mol. The zero-order valence-electron chi connectivity index (χ0n) is 15.2. The van der Waals surface area contributed by atoms with Crippen LogP contribution < -0.4 is 4.74 Å². The van der Waals surface area contributed by atoms with Gasteiger partial charge in [0.25, 0.3) is 0 Å². The number of benzene rings is 2. The van der Waals surface area contributed by atoms with Crippen LogP contribution in [0.1, 0.15) is 25.9 Å². The van der Waals surface area contributed by atoms with E-state index in [0.717, 1.165) is 27.0 Å². The van der Waals surface area contributed by atoms with Crippen molar-refractivity contribution in [2.45, 2.75) is 15.2 Å². The first kappa shape index (κ1) is 20.8. The summed E-state index contributed by atoms with van der Waals surface area (Å²) < 4.78 is 24.7. The van der Waals surface area contributed by atoms with Gasteiger partial charge in [-0.05, 0) is 81.9 Å². The molecule has 0 spiro atoms. The first-order valence-corrected chi connectivity index (χ1v) is 11.7. The lowest BCUT2D eigenvalue weighted by molar-refractivity contribution is 0.110. The lowest BCUT2D eigenvalue weighted by atomic mass is 10.0. The summed E-state index contributed by atoms with van der Waals surface area (Å²) in [6, 6.07) is 17.2. The normalized spacial score (nSPS) is 11.7. The first-order chi connectivity index (χ1) is 13.8. The second-order valence-electron chi connectivity index (χ2n) is 6.58. The van der Waals surface area contributed by atoms with Crippen LogP contribution in [0.3, 0.4) is 0 Å². The Labute approximate surface area is 198 Å². The number of thiophene rings is 1. The fraction of sp³-hybridized carbons (Fsp3) is 0.136. The van der Waals surface area contributed by atoms with Gasteiger partial charge in [-0.2, -0.15) is 0 Å². The number of ether oxygens (including phenoxy) is 1. The van der Waals surface area contributed by atoms with E-state index in [-0.39, 0.29) is 5.76 Å². The Morgan fingerprint density at radius 1 is 1.17 bits per heavy atom. The number of hydrogen-bond acceptors (Lipinski definition) is 4. The van der Waals surface area contributed by atoms with Crippen molar-refractivity contribution in [1.29, 1.82) is 0 Å². The molecule has 0 unspecified atom stereocenters. The summed E-state index contributed by atoms with van der Waals surface area (Å²) in [6.07, 6.45) is 0.678. The third-order valence-electron chi connectivity index (χ3n) is 4.38. The van der Waals surface area contributed by atoms with Crippen LogP contribution in [0, 0.1) is 6.92 Å². The minimum absolute atomic E-state index is 0.284. The number of hydrogen-bond donors (Lipinski definition) is 0. The molecule has 0 N–H and O–H groups in total. The molecule has 3 nitrogen and oxygen atoms in total. The molecule has 0 aliphatic carbocycles. The molecule has 148 valence electrons. The van der Waals surface area contributed by atoms with Crippen LogP contribution in [0.5, 0.6) is 5.75 Å². The molecule has 7 heteroatoms. The maximum Gasteiger partial charge on any atom is 0.245 e. The van der Waals surface area contributed by atoms with Gasteiger partial charge in [0.1, 0.15) is 17.9 Å². The first-order valence-electron chi connectivity index (χ1n) is 8.72. The van der Waals surface area contributed by atoms with Crippen molar-refractivity contribution in [2.24, 2.45) is 0 Å². The molecule has 0 fully saturated rings. The van der Waals surface area contributed by atoms with Gasteiger partial charge in [-0.3, -0.25) is 4.79 Å². The fourth-order valence-electron chi connectivity index (χ4n) is 3.09. The van der Waals surface area contributed by atoms with Crippen LogP contribution in [-0.4, -0.2) is 6.29 Å². The number of fused-ring (bicyclic) bond motifs is 1. The maximum atomic E-state index is 14.9. The van der Waals surface area contributed by atoms with Gasteiger partial charge in [0.15, 0.2) is 12.0 Å². The van der Waals surface area contributed by atoms with Crippen molar-refractivity contribution in [2.75, 3.05) is 0 Å². The molecule has 2 aromatic heterocycles. The highest BCUT2D eigenvalue weighted by Gasteiger charge is 2.30. The van der Waals surface area contributed by atoms with Crippen LogP contribution in [0.15, 0.2) is 59.0 Å². The summed E-state index contributed by atoms with van der Waals surface area (Å²) in [5, 5.41) is 0.844. The van der Waals surface area contributed by atoms with Gasteiger partial charge >= 0.3 is 0 Å². The van der Waals surface area contributed by atoms with Gasteiger partial charge in [-0.1, -0.05) is 29.8 Å². The average molecular weight is 632 g/mol. The largest absolute Gasteiger partial charge is 0.488 e. The van der Waals surface area contributed by atoms with Gasteiger partial charge in [0, 0.05) is 21.9 Å². The van der Waals surface area contributed by atoms with Crippen LogP contribution >= 0.6 is 56.5 Å². The Morgan fingerprint density at radius 3 is 2.72 bits per heavy atom. The Bertz CT molecular complexity index is 1190. The quantitative estimate of drug-likeness (QED) is 0.124. The number of aldehydes is 1. The molecular formula is C22H15FI2O3S. The smallest absolute Gasteiger partial charge is 0.245 e. The van der Waals surface area contributed by atoms with Crippen molar-refractivity contribution in [1.82, 2.24) is 0 Å².